The lowest BCUT2D eigenvalue weighted by atomic mass is 9.99. The summed E-state index contributed by atoms with van der Waals surface area (Å²) in [6, 6.07) is 9.79. The van der Waals surface area contributed by atoms with Crippen molar-refractivity contribution in [2.75, 3.05) is 13.2 Å². The van der Waals surface area contributed by atoms with Gasteiger partial charge in [-0.15, -0.1) is 0 Å². The maximum atomic E-state index is 11.7. The normalized spacial score (nSPS) is 11.9. The second kappa shape index (κ2) is 6.63. The number of amides is 1. The summed E-state index contributed by atoms with van der Waals surface area (Å²) >= 11 is 0. The van der Waals surface area contributed by atoms with Gasteiger partial charge in [-0.3, -0.25) is 4.79 Å². The van der Waals surface area contributed by atoms with E-state index in [0.29, 0.717) is 5.56 Å². The van der Waals surface area contributed by atoms with Crippen molar-refractivity contribution in [1.82, 2.24) is 5.32 Å². The zero-order valence-electron chi connectivity index (χ0n) is 9.21. The summed E-state index contributed by atoms with van der Waals surface area (Å²) in [5, 5.41) is 29.1. The van der Waals surface area contributed by atoms with Crippen LogP contribution >= 0.6 is 0 Å². The predicted octanol–water partition coefficient (Wildman–Crippen LogP) is -0.237. The van der Waals surface area contributed by atoms with E-state index in [4.69, 9.17) is 15.5 Å². The number of benzene rings is 1. The molecular formula is C12H14N2O3. The Morgan fingerprint density at radius 3 is 2.35 bits per heavy atom. The molecule has 0 heterocycles. The lowest BCUT2D eigenvalue weighted by molar-refractivity contribution is -0.122. The number of carbonyl (C=O) groups excluding carboxylic acids is 1. The molecule has 0 bridgehead atoms. The van der Waals surface area contributed by atoms with E-state index in [1.807, 2.05) is 6.07 Å². The molecule has 0 spiro atoms. The van der Waals surface area contributed by atoms with Crippen molar-refractivity contribution in [3.63, 3.8) is 0 Å². The smallest absolute Gasteiger partial charge is 0.242 e. The minimum absolute atomic E-state index is 0.366. The molecule has 90 valence electrons. The van der Waals surface area contributed by atoms with E-state index in [9.17, 15) is 4.79 Å². The van der Waals surface area contributed by atoms with Gasteiger partial charge in [0.15, 0.2) is 0 Å². The lowest BCUT2D eigenvalue weighted by Crippen LogP contribution is -2.42. The number of nitrogens with one attached hydrogen (secondary N) is 1. The third-order valence-electron chi connectivity index (χ3n) is 2.31. The van der Waals surface area contributed by atoms with Crippen LogP contribution in [0.5, 0.6) is 0 Å². The van der Waals surface area contributed by atoms with Crippen molar-refractivity contribution >= 4 is 5.91 Å². The average Bonchev–Trinajstić information content (AvgIpc) is 2.38. The number of aliphatic hydroxyl groups is 2. The molecule has 0 aliphatic rings. The highest BCUT2D eigenvalue weighted by Crippen LogP contribution is 2.14. The largest absolute Gasteiger partial charge is 0.394 e. The summed E-state index contributed by atoms with van der Waals surface area (Å²) in [5.74, 6) is -1.45. The third kappa shape index (κ3) is 3.55. The van der Waals surface area contributed by atoms with Crippen LogP contribution in [0.15, 0.2) is 30.3 Å². The van der Waals surface area contributed by atoms with Crippen molar-refractivity contribution in [1.29, 1.82) is 5.26 Å². The summed E-state index contributed by atoms with van der Waals surface area (Å²) in [5.41, 5.74) is 0.585. The van der Waals surface area contributed by atoms with Gasteiger partial charge in [0.2, 0.25) is 5.91 Å². The summed E-state index contributed by atoms with van der Waals surface area (Å²) < 4.78 is 0. The molecule has 1 rings (SSSR count). The van der Waals surface area contributed by atoms with Crippen molar-refractivity contribution in [2.24, 2.45) is 0 Å². The number of hydrogen-bond acceptors (Lipinski definition) is 4. The molecular weight excluding hydrogens is 220 g/mol. The van der Waals surface area contributed by atoms with Gasteiger partial charge in [-0.2, -0.15) is 5.26 Å². The van der Waals surface area contributed by atoms with Crippen LogP contribution in [0.2, 0.25) is 0 Å². The lowest BCUT2D eigenvalue weighted by Gasteiger charge is -2.16. The Morgan fingerprint density at radius 2 is 1.88 bits per heavy atom. The first-order valence-corrected chi connectivity index (χ1v) is 5.19. The molecule has 1 amide bonds. The first-order valence-electron chi connectivity index (χ1n) is 5.19. The molecule has 3 N–H and O–H groups in total. The quantitative estimate of drug-likeness (QED) is 0.655. The minimum atomic E-state index is -0.934. The Labute approximate surface area is 99.3 Å². The number of carbonyl (C=O) groups is 1. The van der Waals surface area contributed by atoms with Crippen molar-refractivity contribution in [3.05, 3.63) is 35.9 Å². The fourth-order valence-electron chi connectivity index (χ4n) is 1.36. The summed E-state index contributed by atoms with van der Waals surface area (Å²) in [6.45, 7) is -0.732. The molecule has 0 aliphatic carbocycles. The zero-order valence-corrected chi connectivity index (χ0v) is 9.21. The van der Waals surface area contributed by atoms with Crippen LogP contribution in [0, 0.1) is 11.3 Å². The fourth-order valence-corrected chi connectivity index (χ4v) is 1.36. The van der Waals surface area contributed by atoms with Gasteiger partial charge in [-0.25, -0.2) is 0 Å². The molecule has 1 aromatic carbocycles. The monoisotopic (exact) mass is 234 g/mol. The fraction of sp³-hybridized carbons (Fsp3) is 0.333. The maximum Gasteiger partial charge on any atom is 0.242 e. The first kappa shape index (κ1) is 13.2. The van der Waals surface area contributed by atoms with Crippen LogP contribution < -0.4 is 5.32 Å². The Kier molecular flexibility index (Phi) is 5.14. The van der Waals surface area contributed by atoms with Crippen LogP contribution in [0.4, 0.5) is 0 Å². The van der Waals surface area contributed by atoms with E-state index in [0.717, 1.165) is 0 Å². The zero-order chi connectivity index (χ0) is 12.7. The molecule has 5 nitrogen and oxygen atoms in total. The molecule has 0 radical (unpaired) electrons. The van der Waals surface area contributed by atoms with Crippen molar-refractivity contribution < 1.29 is 15.0 Å². The second-order valence-corrected chi connectivity index (χ2v) is 3.54. The number of aliphatic hydroxyl groups excluding tert-OH is 2. The van der Waals surface area contributed by atoms with Gasteiger partial charge in [0.05, 0.1) is 25.3 Å². The molecule has 1 unspecified atom stereocenters. The summed E-state index contributed by atoms with van der Waals surface area (Å²) in [7, 11) is 0. The average molecular weight is 234 g/mol. The van der Waals surface area contributed by atoms with Crippen molar-refractivity contribution in [2.45, 2.75) is 12.0 Å². The molecule has 1 atom stereocenters. The molecule has 0 saturated heterocycles. The Hall–Kier alpha value is -1.90. The second-order valence-electron chi connectivity index (χ2n) is 3.54. The van der Waals surface area contributed by atoms with E-state index >= 15 is 0 Å². The van der Waals surface area contributed by atoms with Gasteiger partial charge < -0.3 is 15.5 Å². The van der Waals surface area contributed by atoms with Crippen molar-refractivity contribution in [3.8, 4) is 6.07 Å². The molecule has 1 aromatic rings. The summed E-state index contributed by atoms with van der Waals surface area (Å²) in [6.07, 6.45) is 0. The van der Waals surface area contributed by atoms with Crippen LogP contribution in [0.1, 0.15) is 11.5 Å². The van der Waals surface area contributed by atoms with E-state index in [2.05, 4.69) is 5.32 Å². The Bertz CT molecular complexity index is 396. The van der Waals surface area contributed by atoms with Crippen LogP contribution in [-0.4, -0.2) is 35.4 Å². The molecule has 0 saturated carbocycles. The van der Waals surface area contributed by atoms with Gasteiger partial charge in [0, 0.05) is 0 Å². The SMILES string of the molecule is N#CC(C(=O)NC(CO)CO)c1ccccc1. The highest BCUT2D eigenvalue weighted by Gasteiger charge is 2.22. The van der Waals surface area contributed by atoms with Gasteiger partial charge in [-0.1, -0.05) is 30.3 Å². The van der Waals surface area contributed by atoms with Gasteiger partial charge >= 0.3 is 0 Å². The highest BCUT2D eigenvalue weighted by molar-refractivity contribution is 5.86. The number of rotatable bonds is 5. The van der Waals surface area contributed by atoms with E-state index < -0.39 is 17.9 Å². The maximum absolute atomic E-state index is 11.7. The topological polar surface area (TPSA) is 93.4 Å². The third-order valence-corrected chi connectivity index (χ3v) is 2.31. The number of nitriles is 1. The van der Waals surface area contributed by atoms with Gasteiger partial charge in [0.25, 0.3) is 0 Å². The Balaban J connectivity index is 2.76. The molecule has 0 aliphatic heterocycles. The van der Waals surface area contributed by atoms with Crippen LogP contribution in [0.3, 0.4) is 0 Å². The van der Waals surface area contributed by atoms with E-state index in [-0.39, 0.29) is 13.2 Å². The van der Waals surface area contributed by atoms with Gasteiger partial charge in [0.1, 0.15) is 5.92 Å². The van der Waals surface area contributed by atoms with Gasteiger partial charge in [-0.05, 0) is 5.56 Å². The van der Waals surface area contributed by atoms with E-state index in [1.54, 1.807) is 30.3 Å². The molecule has 0 aromatic heterocycles. The number of nitrogens with zero attached hydrogens (tertiary/aromatic N) is 1. The summed E-state index contributed by atoms with van der Waals surface area (Å²) in [4.78, 5) is 11.7. The molecule has 5 heteroatoms. The standard InChI is InChI=1S/C12H14N2O3/c13-6-11(9-4-2-1-3-5-9)12(17)14-10(7-15)8-16/h1-5,10-11,15-16H,7-8H2,(H,14,17). The number of hydrogen-bond donors (Lipinski definition) is 3. The van der Waals surface area contributed by atoms with E-state index in [1.165, 1.54) is 0 Å². The van der Waals surface area contributed by atoms with Crippen LogP contribution in [0.25, 0.3) is 0 Å². The molecule has 0 fully saturated rings. The van der Waals surface area contributed by atoms with Crippen LogP contribution in [-0.2, 0) is 4.79 Å². The Morgan fingerprint density at radius 1 is 1.29 bits per heavy atom. The predicted molar refractivity (Wildman–Crippen MR) is 60.9 cm³/mol. The minimum Gasteiger partial charge on any atom is -0.394 e. The highest BCUT2D eigenvalue weighted by atomic mass is 16.3. The first-order chi connectivity index (χ1) is 8.22. The molecule has 17 heavy (non-hydrogen) atoms.